The molecular weight excluding hydrogens is 214 g/mol. The molecule has 1 aliphatic heterocycles. The molecule has 0 bridgehead atoms. The summed E-state index contributed by atoms with van der Waals surface area (Å²) in [5.74, 6) is 0.114. The van der Waals surface area contributed by atoms with Crippen molar-refractivity contribution in [3.8, 4) is 5.75 Å². The molecule has 1 heterocycles. The van der Waals surface area contributed by atoms with Gasteiger partial charge in [-0.1, -0.05) is 12.1 Å². The molecule has 1 aromatic carbocycles. The van der Waals surface area contributed by atoms with Gasteiger partial charge in [0.05, 0.1) is 11.0 Å². The molecule has 2 rings (SSSR count). The summed E-state index contributed by atoms with van der Waals surface area (Å²) in [6.45, 7) is 1.09. The molecule has 0 saturated carbocycles. The van der Waals surface area contributed by atoms with E-state index in [9.17, 15) is 13.5 Å². The number of hydrogen-bond acceptors (Lipinski definition) is 4. The molecule has 15 heavy (non-hydrogen) atoms. The molecule has 0 atom stereocenters. The Bertz CT molecular complexity index is 451. The van der Waals surface area contributed by atoms with Crippen LogP contribution in [0.25, 0.3) is 0 Å². The van der Waals surface area contributed by atoms with E-state index in [0.717, 1.165) is 0 Å². The molecule has 82 valence electrons. The molecule has 0 spiro atoms. The molecule has 0 aromatic heterocycles. The largest absolute Gasteiger partial charge is 0.508 e. The van der Waals surface area contributed by atoms with Gasteiger partial charge in [-0.05, 0) is 17.7 Å². The maximum atomic E-state index is 11.8. The highest BCUT2D eigenvalue weighted by molar-refractivity contribution is 7.91. The van der Waals surface area contributed by atoms with Gasteiger partial charge in [0.2, 0.25) is 0 Å². The van der Waals surface area contributed by atoms with E-state index in [1.165, 1.54) is 12.1 Å². The van der Waals surface area contributed by atoms with Crippen molar-refractivity contribution >= 4 is 9.84 Å². The van der Waals surface area contributed by atoms with E-state index < -0.39 is 9.84 Å². The van der Waals surface area contributed by atoms with E-state index >= 15 is 0 Å². The Morgan fingerprint density at radius 1 is 1.40 bits per heavy atom. The molecule has 5 heteroatoms. The molecule has 0 radical (unpaired) electrons. The third-order valence-electron chi connectivity index (χ3n) is 2.53. The van der Waals surface area contributed by atoms with Crippen molar-refractivity contribution in [3.05, 3.63) is 29.8 Å². The summed E-state index contributed by atoms with van der Waals surface area (Å²) < 4.78 is 23.5. The fourth-order valence-corrected chi connectivity index (χ4v) is 3.14. The van der Waals surface area contributed by atoms with Crippen LogP contribution in [0.3, 0.4) is 0 Å². The summed E-state index contributed by atoms with van der Waals surface area (Å²) in [7, 11) is -3.07. The fraction of sp³-hybridized carbons (Fsp3) is 0.400. The van der Waals surface area contributed by atoms with E-state index in [4.69, 9.17) is 0 Å². The van der Waals surface area contributed by atoms with Crippen LogP contribution in [0.2, 0.25) is 0 Å². The molecule has 0 amide bonds. The van der Waals surface area contributed by atoms with Crippen LogP contribution in [0.15, 0.2) is 24.3 Å². The average molecular weight is 227 g/mol. The molecular formula is C10H13NO3S. The zero-order valence-electron chi connectivity index (χ0n) is 8.18. The van der Waals surface area contributed by atoms with Crippen LogP contribution in [0.1, 0.15) is 5.56 Å². The van der Waals surface area contributed by atoms with Crippen LogP contribution >= 0.6 is 0 Å². The van der Waals surface area contributed by atoms with Crippen molar-refractivity contribution in [3.63, 3.8) is 0 Å². The topological polar surface area (TPSA) is 66.4 Å². The third kappa shape index (κ3) is 2.30. The second-order valence-electron chi connectivity index (χ2n) is 3.76. The van der Waals surface area contributed by atoms with Gasteiger partial charge in [0.15, 0.2) is 9.84 Å². The molecule has 1 saturated heterocycles. The van der Waals surface area contributed by atoms with Gasteiger partial charge in [-0.2, -0.15) is 0 Å². The first kappa shape index (κ1) is 10.4. The standard InChI is InChI=1S/C10H13NO3S/c12-9-3-1-2-8(4-9)7-15(13,14)10-5-11-6-10/h1-4,10-12H,5-7H2. The molecule has 1 aliphatic rings. The van der Waals surface area contributed by atoms with E-state index in [1.54, 1.807) is 12.1 Å². The van der Waals surface area contributed by atoms with Crippen molar-refractivity contribution in [1.29, 1.82) is 0 Å². The molecule has 0 unspecified atom stereocenters. The molecule has 2 N–H and O–H groups in total. The highest BCUT2D eigenvalue weighted by atomic mass is 32.2. The van der Waals surface area contributed by atoms with Gasteiger partial charge in [0.25, 0.3) is 0 Å². The summed E-state index contributed by atoms with van der Waals surface area (Å²) >= 11 is 0. The maximum absolute atomic E-state index is 11.8. The normalized spacial score (nSPS) is 17.3. The Kier molecular flexibility index (Phi) is 2.67. The first-order chi connectivity index (χ1) is 7.08. The Hall–Kier alpha value is -1.07. The van der Waals surface area contributed by atoms with Crippen LogP contribution in [-0.2, 0) is 15.6 Å². The van der Waals surface area contributed by atoms with E-state index in [1.807, 2.05) is 0 Å². The van der Waals surface area contributed by atoms with Crippen molar-refractivity contribution in [2.75, 3.05) is 13.1 Å². The predicted octanol–water partition coefficient (Wildman–Crippen LogP) is 0.279. The Balaban J connectivity index is 2.14. The number of aromatic hydroxyl groups is 1. The molecule has 1 fully saturated rings. The quantitative estimate of drug-likeness (QED) is 0.778. The number of phenolic OH excluding ortho intramolecular Hbond substituents is 1. The zero-order valence-corrected chi connectivity index (χ0v) is 9.00. The fourth-order valence-electron chi connectivity index (χ4n) is 1.51. The Morgan fingerprint density at radius 3 is 2.67 bits per heavy atom. The Morgan fingerprint density at radius 2 is 2.13 bits per heavy atom. The van der Waals surface area contributed by atoms with Crippen molar-refractivity contribution in [2.24, 2.45) is 0 Å². The third-order valence-corrected chi connectivity index (χ3v) is 4.62. The van der Waals surface area contributed by atoms with E-state index in [-0.39, 0.29) is 16.8 Å². The highest BCUT2D eigenvalue weighted by Crippen LogP contribution is 2.17. The first-order valence-electron chi connectivity index (χ1n) is 4.78. The lowest BCUT2D eigenvalue weighted by molar-refractivity contribution is 0.474. The summed E-state index contributed by atoms with van der Waals surface area (Å²) in [6, 6.07) is 6.38. The van der Waals surface area contributed by atoms with Crippen LogP contribution in [0, 0.1) is 0 Å². The minimum absolute atomic E-state index is 0.00769. The summed E-state index contributed by atoms with van der Waals surface area (Å²) in [4.78, 5) is 0. The number of hydrogen-bond donors (Lipinski definition) is 2. The van der Waals surface area contributed by atoms with E-state index in [0.29, 0.717) is 18.7 Å². The van der Waals surface area contributed by atoms with Crippen LogP contribution in [-0.4, -0.2) is 31.9 Å². The van der Waals surface area contributed by atoms with Crippen molar-refractivity contribution < 1.29 is 13.5 Å². The van der Waals surface area contributed by atoms with Gasteiger partial charge < -0.3 is 10.4 Å². The predicted molar refractivity (Wildman–Crippen MR) is 57.4 cm³/mol. The van der Waals surface area contributed by atoms with Crippen LogP contribution in [0.5, 0.6) is 5.75 Å². The minimum atomic E-state index is -3.07. The van der Waals surface area contributed by atoms with Gasteiger partial charge in [-0.3, -0.25) is 0 Å². The van der Waals surface area contributed by atoms with Gasteiger partial charge in [0.1, 0.15) is 5.75 Å². The number of nitrogens with one attached hydrogen (secondary N) is 1. The van der Waals surface area contributed by atoms with E-state index in [2.05, 4.69) is 5.32 Å². The number of benzene rings is 1. The summed E-state index contributed by atoms with van der Waals surface area (Å²) in [5.41, 5.74) is 0.641. The number of phenols is 1. The lowest BCUT2D eigenvalue weighted by atomic mass is 10.2. The zero-order chi connectivity index (χ0) is 10.9. The first-order valence-corrected chi connectivity index (χ1v) is 6.50. The monoisotopic (exact) mass is 227 g/mol. The van der Waals surface area contributed by atoms with Crippen molar-refractivity contribution in [1.82, 2.24) is 5.32 Å². The van der Waals surface area contributed by atoms with Gasteiger partial charge in [0, 0.05) is 13.1 Å². The lowest BCUT2D eigenvalue weighted by Crippen LogP contribution is -2.51. The average Bonchev–Trinajstić information content (AvgIpc) is 1.97. The molecule has 1 aromatic rings. The molecule has 0 aliphatic carbocycles. The van der Waals surface area contributed by atoms with Crippen LogP contribution < -0.4 is 5.32 Å². The lowest BCUT2D eigenvalue weighted by Gasteiger charge is -2.26. The van der Waals surface area contributed by atoms with Gasteiger partial charge >= 0.3 is 0 Å². The minimum Gasteiger partial charge on any atom is -0.508 e. The molecule has 4 nitrogen and oxygen atoms in total. The summed E-state index contributed by atoms with van der Waals surface area (Å²) in [6.07, 6.45) is 0. The SMILES string of the molecule is O=S(=O)(Cc1cccc(O)c1)C1CNC1. The van der Waals surface area contributed by atoms with Crippen molar-refractivity contribution in [2.45, 2.75) is 11.0 Å². The second-order valence-corrected chi connectivity index (χ2v) is 6.04. The van der Waals surface area contributed by atoms with Crippen LogP contribution in [0.4, 0.5) is 0 Å². The number of rotatable bonds is 3. The smallest absolute Gasteiger partial charge is 0.159 e. The second kappa shape index (κ2) is 3.83. The van der Waals surface area contributed by atoms with Gasteiger partial charge in [-0.15, -0.1) is 0 Å². The highest BCUT2D eigenvalue weighted by Gasteiger charge is 2.30. The van der Waals surface area contributed by atoms with Gasteiger partial charge in [-0.25, -0.2) is 8.42 Å². The Labute approximate surface area is 88.9 Å². The number of sulfone groups is 1. The summed E-state index contributed by atoms with van der Waals surface area (Å²) in [5, 5.41) is 11.9. The maximum Gasteiger partial charge on any atom is 0.159 e.